The zero-order valence-electron chi connectivity index (χ0n) is 11.1. The summed E-state index contributed by atoms with van der Waals surface area (Å²) in [5.41, 5.74) is 6.31. The van der Waals surface area contributed by atoms with E-state index in [1.807, 2.05) is 6.92 Å². The molecule has 0 spiro atoms. The molecule has 1 aromatic carbocycles. The molecule has 0 saturated carbocycles. The maximum Gasteiger partial charge on any atom is 0.273 e. The van der Waals surface area contributed by atoms with Gasteiger partial charge in [-0.2, -0.15) is 0 Å². The first-order valence-corrected chi connectivity index (χ1v) is 6.34. The minimum absolute atomic E-state index is 0.0908. The van der Waals surface area contributed by atoms with Crippen LogP contribution in [0.2, 0.25) is 0 Å². The van der Waals surface area contributed by atoms with Crippen molar-refractivity contribution >= 4 is 5.91 Å². The third-order valence-electron chi connectivity index (χ3n) is 2.91. The lowest BCUT2D eigenvalue weighted by Crippen LogP contribution is -2.23. The van der Waals surface area contributed by atoms with Crippen LogP contribution in [0.3, 0.4) is 0 Å². The molecule has 1 aromatic heterocycles. The minimum Gasteiger partial charge on any atom is -0.446 e. The number of carbonyl (C=O) groups excluding carboxylic acids is 1. The molecule has 6 heteroatoms. The van der Waals surface area contributed by atoms with E-state index in [1.54, 1.807) is 18.2 Å². The molecule has 1 unspecified atom stereocenters. The van der Waals surface area contributed by atoms with Crippen molar-refractivity contribution in [1.82, 2.24) is 10.3 Å². The van der Waals surface area contributed by atoms with Gasteiger partial charge in [0.25, 0.3) is 5.91 Å². The Balaban J connectivity index is 1.99. The van der Waals surface area contributed by atoms with E-state index in [-0.39, 0.29) is 24.1 Å². The number of aromatic nitrogens is 1. The molecule has 0 saturated heterocycles. The van der Waals surface area contributed by atoms with E-state index in [2.05, 4.69) is 10.3 Å². The molecule has 0 aliphatic carbocycles. The van der Waals surface area contributed by atoms with Gasteiger partial charge in [-0.1, -0.05) is 25.1 Å². The van der Waals surface area contributed by atoms with Gasteiger partial charge in [0, 0.05) is 12.1 Å². The number of benzene rings is 1. The third kappa shape index (κ3) is 3.21. The first-order chi connectivity index (χ1) is 9.61. The fourth-order valence-corrected chi connectivity index (χ4v) is 1.64. The summed E-state index contributed by atoms with van der Waals surface area (Å²) in [5.74, 6) is -0.461. The van der Waals surface area contributed by atoms with Crippen molar-refractivity contribution in [3.05, 3.63) is 53.5 Å². The normalized spacial score (nSPS) is 12.2. The van der Waals surface area contributed by atoms with E-state index in [9.17, 15) is 9.18 Å². The van der Waals surface area contributed by atoms with Crippen LogP contribution in [0.25, 0.3) is 0 Å². The number of carbonyl (C=O) groups is 1. The smallest absolute Gasteiger partial charge is 0.273 e. The summed E-state index contributed by atoms with van der Waals surface area (Å²) in [4.78, 5) is 15.9. The molecule has 1 atom stereocenters. The number of hydrogen-bond acceptors (Lipinski definition) is 4. The van der Waals surface area contributed by atoms with E-state index in [1.165, 1.54) is 12.3 Å². The van der Waals surface area contributed by atoms with Gasteiger partial charge in [-0.3, -0.25) is 4.79 Å². The van der Waals surface area contributed by atoms with E-state index in [0.29, 0.717) is 17.9 Å². The van der Waals surface area contributed by atoms with Gasteiger partial charge in [0.05, 0.1) is 6.04 Å². The van der Waals surface area contributed by atoms with Crippen molar-refractivity contribution in [2.45, 2.75) is 25.9 Å². The molecular formula is C14H16FN3O2. The second-order valence-electron chi connectivity index (χ2n) is 4.36. The monoisotopic (exact) mass is 277 g/mol. The maximum absolute atomic E-state index is 13.4. The molecule has 106 valence electrons. The Bertz CT molecular complexity index is 598. The first-order valence-electron chi connectivity index (χ1n) is 6.34. The van der Waals surface area contributed by atoms with E-state index < -0.39 is 5.91 Å². The average Bonchev–Trinajstić information content (AvgIpc) is 2.95. The SMILES string of the molecule is CCC(N)c1nc(C(=O)NCc2ccccc2F)co1. The van der Waals surface area contributed by atoms with Crippen LogP contribution in [-0.2, 0) is 6.54 Å². The second kappa shape index (κ2) is 6.29. The standard InChI is InChI=1S/C14H16FN3O2/c1-2-11(16)14-18-12(8-20-14)13(19)17-7-9-5-3-4-6-10(9)15/h3-6,8,11H,2,7,16H2,1H3,(H,17,19). The molecule has 0 radical (unpaired) electrons. The molecule has 3 N–H and O–H groups in total. The summed E-state index contributed by atoms with van der Waals surface area (Å²) in [6.07, 6.45) is 1.92. The Morgan fingerprint density at radius 3 is 2.95 bits per heavy atom. The summed E-state index contributed by atoms with van der Waals surface area (Å²) in [6, 6.07) is 5.92. The Morgan fingerprint density at radius 2 is 2.25 bits per heavy atom. The summed E-state index contributed by atoms with van der Waals surface area (Å²) >= 11 is 0. The Hall–Kier alpha value is -2.21. The van der Waals surface area contributed by atoms with Crippen molar-refractivity contribution in [1.29, 1.82) is 0 Å². The van der Waals surface area contributed by atoms with Crippen molar-refractivity contribution in [2.75, 3.05) is 0 Å². The van der Waals surface area contributed by atoms with Gasteiger partial charge >= 0.3 is 0 Å². The summed E-state index contributed by atoms with van der Waals surface area (Å²) < 4.78 is 18.5. The molecule has 0 aliphatic rings. The van der Waals surface area contributed by atoms with Crippen LogP contribution in [0.4, 0.5) is 4.39 Å². The molecular weight excluding hydrogens is 261 g/mol. The lowest BCUT2D eigenvalue weighted by molar-refractivity contribution is 0.0945. The van der Waals surface area contributed by atoms with Crippen molar-refractivity contribution in [2.24, 2.45) is 5.73 Å². The highest BCUT2D eigenvalue weighted by Gasteiger charge is 2.15. The topological polar surface area (TPSA) is 81.1 Å². The number of nitrogens with two attached hydrogens (primary N) is 1. The Labute approximate surface area is 116 Å². The fourth-order valence-electron chi connectivity index (χ4n) is 1.64. The predicted molar refractivity (Wildman–Crippen MR) is 71.3 cm³/mol. The highest BCUT2D eigenvalue weighted by Crippen LogP contribution is 2.13. The minimum atomic E-state index is -0.424. The summed E-state index contributed by atoms with van der Waals surface area (Å²) in [5, 5.41) is 2.58. The van der Waals surface area contributed by atoms with Gasteiger partial charge in [-0.25, -0.2) is 9.37 Å². The zero-order chi connectivity index (χ0) is 14.5. The number of rotatable bonds is 5. The van der Waals surface area contributed by atoms with Crippen molar-refractivity contribution < 1.29 is 13.6 Å². The molecule has 5 nitrogen and oxygen atoms in total. The predicted octanol–water partition coefficient (Wildman–Crippen LogP) is 2.15. The van der Waals surface area contributed by atoms with Crippen LogP contribution >= 0.6 is 0 Å². The van der Waals surface area contributed by atoms with E-state index >= 15 is 0 Å². The highest BCUT2D eigenvalue weighted by atomic mass is 19.1. The van der Waals surface area contributed by atoms with E-state index in [4.69, 9.17) is 10.2 Å². The summed E-state index contributed by atoms with van der Waals surface area (Å²) in [7, 11) is 0. The van der Waals surface area contributed by atoms with Gasteiger partial charge in [0.2, 0.25) is 5.89 Å². The largest absolute Gasteiger partial charge is 0.446 e. The van der Waals surface area contributed by atoms with Crippen LogP contribution in [0, 0.1) is 5.82 Å². The lowest BCUT2D eigenvalue weighted by atomic mass is 10.2. The second-order valence-corrected chi connectivity index (χ2v) is 4.36. The molecule has 2 rings (SSSR count). The molecule has 0 aliphatic heterocycles. The van der Waals surface area contributed by atoms with Gasteiger partial charge in [-0.05, 0) is 12.5 Å². The number of amides is 1. The molecule has 0 fully saturated rings. The molecule has 0 bridgehead atoms. The van der Waals surface area contributed by atoms with Crippen LogP contribution in [0.5, 0.6) is 0 Å². The average molecular weight is 277 g/mol. The van der Waals surface area contributed by atoms with Gasteiger partial charge in [0.15, 0.2) is 5.69 Å². The molecule has 1 amide bonds. The van der Waals surface area contributed by atoms with E-state index in [0.717, 1.165) is 0 Å². The zero-order valence-corrected chi connectivity index (χ0v) is 11.1. The third-order valence-corrected chi connectivity index (χ3v) is 2.91. The van der Waals surface area contributed by atoms with Crippen molar-refractivity contribution in [3.8, 4) is 0 Å². The number of oxazole rings is 1. The first kappa shape index (κ1) is 14.2. The fraction of sp³-hybridized carbons (Fsp3) is 0.286. The number of nitrogens with one attached hydrogen (secondary N) is 1. The van der Waals surface area contributed by atoms with Crippen molar-refractivity contribution in [3.63, 3.8) is 0 Å². The van der Waals surface area contributed by atoms with Crippen LogP contribution in [0.15, 0.2) is 34.9 Å². The van der Waals surface area contributed by atoms with Crippen LogP contribution in [-0.4, -0.2) is 10.9 Å². The summed E-state index contributed by atoms with van der Waals surface area (Å²) in [6.45, 7) is 1.99. The number of halogens is 1. The molecule has 20 heavy (non-hydrogen) atoms. The lowest BCUT2D eigenvalue weighted by Gasteiger charge is -2.04. The number of hydrogen-bond donors (Lipinski definition) is 2. The van der Waals surface area contributed by atoms with Crippen LogP contribution < -0.4 is 11.1 Å². The molecule has 1 heterocycles. The Kier molecular flexibility index (Phi) is 4.47. The Morgan fingerprint density at radius 1 is 1.50 bits per heavy atom. The van der Waals surface area contributed by atoms with Gasteiger partial charge in [0.1, 0.15) is 12.1 Å². The number of nitrogens with zero attached hydrogens (tertiary/aromatic N) is 1. The van der Waals surface area contributed by atoms with Gasteiger partial charge in [-0.15, -0.1) is 0 Å². The quantitative estimate of drug-likeness (QED) is 0.877. The maximum atomic E-state index is 13.4. The van der Waals surface area contributed by atoms with Gasteiger partial charge < -0.3 is 15.5 Å². The van der Waals surface area contributed by atoms with Crippen LogP contribution in [0.1, 0.15) is 41.3 Å². The molecule has 2 aromatic rings. The highest BCUT2D eigenvalue weighted by molar-refractivity contribution is 5.91.